The van der Waals surface area contributed by atoms with E-state index in [2.05, 4.69) is 87.3 Å². The summed E-state index contributed by atoms with van der Waals surface area (Å²) in [6, 6.07) is 14.8. The van der Waals surface area contributed by atoms with Crippen LogP contribution < -0.4 is 4.74 Å². The molecule has 0 aliphatic carbocycles. The molecule has 0 aromatic heterocycles. The van der Waals surface area contributed by atoms with Crippen LogP contribution in [0.15, 0.2) is 53.5 Å². The molecule has 0 saturated heterocycles. The maximum absolute atomic E-state index is 5.68. The van der Waals surface area contributed by atoms with Crippen molar-refractivity contribution >= 4 is 11.8 Å². The maximum Gasteiger partial charge on any atom is 0.179 e. The van der Waals surface area contributed by atoms with Gasteiger partial charge in [0.05, 0.1) is 5.71 Å². The quantitative estimate of drug-likeness (QED) is 0.752. The minimum absolute atomic E-state index is 0.108. The lowest BCUT2D eigenvalue weighted by Crippen LogP contribution is -2.16. The summed E-state index contributed by atoms with van der Waals surface area (Å²) in [6.07, 6.45) is 4.23. The molecule has 0 amide bonds. The molecule has 2 aromatic rings. The van der Waals surface area contributed by atoms with Crippen molar-refractivity contribution in [3.63, 3.8) is 0 Å². The number of rotatable bonds is 2. The van der Waals surface area contributed by atoms with Gasteiger partial charge in [0.2, 0.25) is 0 Å². The molecule has 0 saturated carbocycles. The number of hydrogen-bond acceptors (Lipinski definition) is 2. The first kappa shape index (κ1) is 15.5. The number of hydrogen-bond donors (Lipinski definition) is 0. The van der Waals surface area contributed by atoms with Gasteiger partial charge in [0, 0.05) is 5.56 Å². The van der Waals surface area contributed by atoms with Crippen LogP contribution in [0.3, 0.4) is 0 Å². The summed E-state index contributed by atoms with van der Waals surface area (Å²) < 4.78 is 5.68. The first-order valence-corrected chi connectivity index (χ1v) is 8.01. The highest BCUT2D eigenvalue weighted by Crippen LogP contribution is 2.30. The van der Waals surface area contributed by atoms with E-state index in [0.29, 0.717) is 6.73 Å². The number of benzene rings is 2. The second kappa shape index (κ2) is 6.04. The van der Waals surface area contributed by atoms with Gasteiger partial charge < -0.3 is 4.74 Å². The van der Waals surface area contributed by atoms with Crippen molar-refractivity contribution in [2.75, 3.05) is 6.73 Å². The minimum Gasteiger partial charge on any atom is -0.471 e. The topological polar surface area (TPSA) is 21.6 Å². The Balaban J connectivity index is 1.97. The molecule has 2 aromatic carbocycles. The van der Waals surface area contributed by atoms with E-state index in [1.807, 2.05) is 0 Å². The Labute approximate surface area is 138 Å². The van der Waals surface area contributed by atoms with Crippen molar-refractivity contribution in [1.29, 1.82) is 0 Å². The van der Waals surface area contributed by atoms with Gasteiger partial charge in [0.1, 0.15) is 5.75 Å². The average molecular weight is 305 g/mol. The number of allylic oxidation sites excluding steroid dienone is 1. The Kier molecular flexibility index (Phi) is 4.08. The second-order valence-electron chi connectivity index (χ2n) is 6.97. The molecule has 0 unspecified atom stereocenters. The largest absolute Gasteiger partial charge is 0.471 e. The molecule has 3 rings (SSSR count). The van der Waals surface area contributed by atoms with E-state index in [9.17, 15) is 0 Å². The van der Waals surface area contributed by atoms with Gasteiger partial charge in [-0.15, -0.1) is 0 Å². The van der Waals surface area contributed by atoms with E-state index in [1.54, 1.807) is 0 Å². The van der Waals surface area contributed by atoms with Crippen LogP contribution in [-0.2, 0) is 5.41 Å². The summed E-state index contributed by atoms with van der Waals surface area (Å²) in [5.41, 5.74) is 5.94. The predicted octanol–water partition coefficient (Wildman–Crippen LogP) is 5.14. The third-order valence-electron chi connectivity index (χ3n) is 4.19. The van der Waals surface area contributed by atoms with Gasteiger partial charge in [-0.1, -0.05) is 57.2 Å². The summed E-state index contributed by atoms with van der Waals surface area (Å²) in [7, 11) is 0. The molecule has 0 fully saturated rings. The van der Waals surface area contributed by atoms with Crippen molar-refractivity contribution in [3.8, 4) is 5.75 Å². The highest BCUT2D eigenvalue weighted by atomic mass is 16.5. The summed E-state index contributed by atoms with van der Waals surface area (Å²) in [6.45, 7) is 9.17. The van der Waals surface area contributed by atoms with Crippen molar-refractivity contribution in [3.05, 3.63) is 70.8 Å². The molecule has 1 aliphatic rings. The van der Waals surface area contributed by atoms with Gasteiger partial charge in [-0.25, -0.2) is 4.99 Å². The monoisotopic (exact) mass is 305 g/mol. The third kappa shape index (κ3) is 3.37. The van der Waals surface area contributed by atoms with Gasteiger partial charge in [0.15, 0.2) is 6.73 Å². The van der Waals surface area contributed by atoms with E-state index in [0.717, 1.165) is 17.0 Å². The lowest BCUT2D eigenvalue weighted by Gasteiger charge is -2.23. The summed E-state index contributed by atoms with van der Waals surface area (Å²) in [5.74, 6) is 0.914. The zero-order valence-electron chi connectivity index (χ0n) is 14.3. The number of aryl methyl sites for hydroxylation is 1. The zero-order valence-corrected chi connectivity index (χ0v) is 14.3. The number of fused-ring (bicyclic) bond motifs is 1. The van der Waals surface area contributed by atoms with Crippen LogP contribution in [0.25, 0.3) is 6.08 Å². The second-order valence-corrected chi connectivity index (χ2v) is 6.97. The molecule has 0 spiro atoms. The third-order valence-corrected chi connectivity index (χ3v) is 4.19. The highest BCUT2D eigenvalue weighted by molar-refractivity contribution is 6.13. The van der Waals surface area contributed by atoms with Crippen LogP contribution in [0.2, 0.25) is 0 Å². The number of ether oxygens (including phenoxy) is 1. The van der Waals surface area contributed by atoms with E-state index < -0.39 is 0 Å². The summed E-state index contributed by atoms with van der Waals surface area (Å²) in [5, 5.41) is 0. The fourth-order valence-corrected chi connectivity index (χ4v) is 2.66. The first-order chi connectivity index (χ1) is 10.9. The first-order valence-electron chi connectivity index (χ1n) is 8.01. The molecule has 2 heteroatoms. The Bertz CT molecular complexity index is 779. The highest BCUT2D eigenvalue weighted by Gasteiger charge is 2.19. The average Bonchev–Trinajstić information content (AvgIpc) is 2.53. The van der Waals surface area contributed by atoms with Gasteiger partial charge in [0.25, 0.3) is 0 Å². The molecule has 0 N–H and O–H groups in total. The van der Waals surface area contributed by atoms with Gasteiger partial charge >= 0.3 is 0 Å². The smallest absolute Gasteiger partial charge is 0.179 e. The van der Waals surface area contributed by atoms with Crippen LogP contribution in [-0.4, -0.2) is 12.4 Å². The van der Waals surface area contributed by atoms with Crippen LogP contribution in [0.1, 0.15) is 43.0 Å². The van der Waals surface area contributed by atoms with E-state index in [1.165, 1.54) is 16.7 Å². The summed E-state index contributed by atoms with van der Waals surface area (Å²) >= 11 is 0. The number of aliphatic imine (C=N–C) groups is 1. The molecular weight excluding hydrogens is 282 g/mol. The molecule has 23 heavy (non-hydrogen) atoms. The van der Waals surface area contributed by atoms with Gasteiger partial charge in [-0.3, -0.25) is 0 Å². The Hall–Kier alpha value is -2.35. The predicted molar refractivity (Wildman–Crippen MR) is 97.4 cm³/mol. The van der Waals surface area contributed by atoms with Crippen LogP contribution in [0.5, 0.6) is 5.75 Å². The molecule has 2 nitrogen and oxygen atoms in total. The molecule has 118 valence electrons. The Morgan fingerprint density at radius 1 is 1.04 bits per heavy atom. The van der Waals surface area contributed by atoms with Crippen molar-refractivity contribution in [1.82, 2.24) is 0 Å². The number of nitrogens with zero attached hydrogens (tertiary/aromatic N) is 1. The van der Waals surface area contributed by atoms with Gasteiger partial charge in [-0.05, 0) is 47.2 Å². The van der Waals surface area contributed by atoms with Crippen molar-refractivity contribution in [2.45, 2.75) is 33.1 Å². The molecule has 1 aliphatic heterocycles. The fourth-order valence-electron chi connectivity index (χ4n) is 2.66. The SMILES string of the molecule is Cc1ccccc1/C=C\C1=NCOc2ccc(C(C)(C)C)cc21. The maximum atomic E-state index is 5.68. The standard InChI is InChI=1S/C21H23NO/c1-15-7-5-6-8-16(15)9-11-19-18-13-17(21(2,3)4)10-12-20(18)23-14-22-19/h5-13H,14H2,1-4H3/b11-9-. The zero-order chi connectivity index (χ0) is 16.4. The van der Waals surface area contributed by atoms with Gasteiger partial charge in [-0.2, -0.15) is 0 Å². The molecular formula is C21H23NO. The van der Waals surface area contributed by atoms with Crippen LogP contribution >= 0.6 is 0 Å². The fraction of sp³-hybridized carbons (Fsp3) is 0.286. The molecule has 0 radical (unpaired) electrons. The lowest BCUT2D eigenvalue weighted by atomic mass is 9.85. The van der Waals surface area contributed by atoms with Crippen LogP contribution in [0.4, 0.5) is 0 Å². The minimum atomic E-state index is 0.108. The van der Waals surface area contributed by atoms with E-state index in [-0.39, 0.29) is 5.41 Å². The van der Waals surface area contributed by atoms with E-state index >= 15 is 0 Å². The van der Waals surface area contributed by atoms with Crippen LogP contribution in [0, 0.1) is 6.92 Å². The Morgan fingerprint density at radius 3 is 2.57 bits per heavy atom. The van der Waals surface area contributed by atoms with Crippen molar-refractivity contribution in [2.24, 2.45) is 4.99 Å². The van der Waals surface area contributed by atoms with Crippen molar-refractivity contribution < 1.29 is 4.74 Å². The molecule has 0 atom stereocenters. The lowest BCUT2D eigenvalue weighted by molar-refractivity contribution is 0.325. The molecule has 1 heterocycles. The summed E-state index contributed by atoms with van der Waals surface area (Å²) in [4.78, 5) is 4.55. The normalized spacial score (nSPS) is 14.3. The Morgan fingerprint density at radius 2 is 1.83 bits per heavy atom. The molecule has 0 bridgehead atoms. The van der Waals surface area contributed by atoms with E-state index in [4.69, 9.17) is 4.74 Å².